The molecule has 0 saturated heterocycles. The number of benzene rings is 1. The van der Waals surface area contributed by atoms with E-state index in [2.05, 4.69) is 13.8 Å². The number of aryl methyl sites for hydroxylation is 1. The highest BCUT2D eigenvalue weighted by Gasteiger charge is 2.11. The van der Waals surface area contributed by atoms with Gasteiger partial charge < -0.3 is 0 Å². The van der Waals surface area contributed by atoms with E-state index in [0.29, 0.717) is 17.9 Å². The van der Waals surface area contributed by atoms with Gasteiger partial charge in [0, 0.05) is 5.38 Å². The van der Waals surface area contributed by atoms with Crippen molar-refractivity contribution in [1.29, 1.82) is 0 Å². The first-order valence-electron chi connectivity index (χ1n) is 5.59. The molecule has 0 N–H and O–H groups in total. The van der Waals surface area contributed by atoms with Crippen LogP contribution in [0.15, 0.2) is 18.2 Å². The van der Waals surface area contributed by atoms with Crippen LogP contribution in [0.25, 0.3) is 0 Å². The molecule has 0 saturated carbocycles. The lowest BCUT2D eigenvalue weighted by molar-refractivity contribution is 0.492. The van der Waals surface area contributed by atoms with Crippen LogP contribution in [-0.2, 0) is 6.42 Å². The topological polar surface area (TPSA) is 0 Å². The van der Waals surface area contributed by atoms with E-state index in [1.165, 1.54) is 6.07 Å². The van der Waals surface area contributed by atoms with Gasteiger partial charge in [-0.3, -0.25) is 0 Å². The summed E-state index contributed by atoms with van der Waals surface area (Å²) in [5, 5.41) is 0.108. The van der Waals surface area contributed by atoms with Crippen LogP contribution < -0.4 is 0 Å². The zero-order valence-electron chi connectivity index (χ0n) is 9.64. The van der Waals surface area contributed by atoms with Crippen molar-refractivity contribution in [2.24, 2.45) is 5.92 Å². The zero-order valence-corrected chi connectivity index (χ0v) is 10.4. The van der Waals surface area contributed by atoms with Crippen LogP contribution in [0.3, 0.4) is 0 Å². The Morgan fingerprint density at radius 2 is 1.94 bits per heavy atom. The minimum atomic E-state index is -0.774. The van der Waals surface area contributed by atoms with E-state index in [-0.39, 0.29) is 5.38 Å². The largest absolute Gasteiger partial charge is 0.204 e. The van der Waals surface area contributed by atoms with Crippen LogP contribution >= 0.6 is 11.6 Å². The van der Waals surface area contributed by atoms with Gasteiger partial charge in [-0.15, -0.1) is 11.6 Å². The molecule has 3 heteroatoms. The quantitative estimate of drug-likeness (QED) is 0.669. The molecule has 1 aromatic rings. The van der Waals surface area contributed by atoms with Crippen LogP contribution in [0.5, 0.6) is 0 Å². The van der Waals surface area contributed by atoms with Crippen molar-refractivity contribution in [3.63, 3.8) is 0 Å². The smallest absolute Gasteiger partial charge is 0.162 e. The third-order valence-electron chi connectivity index (χ3n) is 2.68. The Hall–Kier alpha value is -0.630. The van der Waals surface area contributed by atoms with E-state index < -0.39 is 11.6 Å². The first-order chi connectivity index (χ1) is 7.52. The lowest BCUT2D eigenvalue weighted by atomic mass is 10.0. The molecule has 1 rings (SSSR count). The molecule has 0 bridgehead atoms. The maximum atomic E-state index is 13.3. The summed E-state index contributed by atoms with van der Waals surface area (Å²) in [4.78, 5) is 0. The maximum Gasteiger partial charge on any atom is 0.162 e. The van der Waals surface area contributed by atoms with Gasteiger partial charge in [-0.2, -0.15) is 0 Å². The molecule has 0 heterocycles. The highest BCUT2D eigenvalue weighted by Crippen LogP contribution is 2.19. The normalized spacial score (nSPS) is 13.1. The van der Waals surface area contributed by atoms with Gasteiger partial charge in [-0.05, 0) is 36.8 Å². The molecule has 90 valence electrons. The van der Waals surface area contributed by atoms with Gasteiger partial charge >= 0.3 is 0 Å². The predicted molar refractivity (Wildman–Crippen MR) is 63.8 cm³/mol. The Balaban J connectivity index is 2.46. The van der Waals surface area contributed by atoms with Crippen LogP contribution in [-0.4, -0.2) is 5.38 Å². The number of rotatable bonds is 5. The SMILES string of the molecule is CC(C)C(Cl)CCCc1cccc(F)c1F. The standard InChI is InChI=1S/C13H17ClF2/c1-9(2)11(14)7-3-5-10-6-4-8-12(15)13(10)16/h4,6,8-9,11H,3,5,7H2,1-2H3. The van der Waals surface area contributed by atoms with E-state index in [0.717, 1.165) is 18.9 Å². The summed E-state index contributed by atoms with van der Waals surface area (Å²) in [6.07, 6.45) is 2.15. The van der Waals surface area contributed by atoms with E-state index in [1.54, 1.807) is 6.07 Å². The minimum absolute atomic E-state index is 0.108. The Bertz CT molecular complexity index is 337. The summed E-state index contributed by atoms with van der Waals surface area (Å²) in [5.74, 6) is -1.08. The summed E-state index contributed by atoms with van der Waals surface area (Å²) in [7, 11) is 0. The summed E-state index contributed by atoms with van der Waals surface area (Å²) >= 11 is 6.09. The fraction of sp³-hybridized carbons (Fsp3) is 0.538. The molecule has 0 nitrogen and oxygen atoms in total. The lowest BCUT2D eigenvalue weighted by Gasteiger charge is -2.12. The monoisotopic (exact) mass is 246 g/mol. The van der Waals surface area contributed by atoms with Crippen LogP contribution in [0.4, 0.5) is 8.78 Å². The second-order valence-corrected chi connectivity index (χ2v) is 4.93. The molecule has 1 aromatic carbocycles. The summed E-state index contributed by atoms with van der Waals surface area (Å²) < 4.78 is 26.2. The Morgan fingerprint density at radius 1 is 1.25 bits per heavy atom. The van der Waals surface area contributed by atoms with E-state index in [1.807, 2.05) is 0 Å². The first kappa shape index (κ1) is 13.4. The van der Waals surface area contributed by atoms with Crippen LogP contribution in [0.2, 0.25) is 0 Å². The number of hydrogen-bond donors (Lipinski definition) is 0. The molecule has 0 aromatic heterocycles. The number of halogens is 3. The molecular formula is C13H17ClF2. The molecule has 1 unspecified atom stereocenters. The van der Waals surface area contributed by atoms with Crippen LogP contribution in [0.1, 0.15) is 32.3 Å². The molecule has 0 spiro atoms. The van der Waals surface area contributed by atoms with Gasteiger partial charge in [0.05, 0.1) is 0 Å². The summed E-state index contributed by atoms with van der Waals surface area (Å²) in [6, 6.07) is 4.29. The highest BCUT2D eigenvalue weighted by atomic mass is 35.5. The molecule has 0 fully saturated rings. The Labute approximate surface area is 101 Å². The second-order valence-electron chi connectivity index (χ2n) is 4.37. The fourth-order valence-electron chi connectivity index (χ4n) is 1.56. The van der Waals surface area contributed by atoms with Gasteiger partial charge in [0.15, 0.2) is 11.6 Å². The third kappa shape index (κ3) is 3.75. The third-order valence-corrected chi connectivity index (χ3v) is 3.40. The first-order valence-corrected chi connectivity index (χ1v) is 6.03. The average Bonchev–Trinajstić information content (AvgIpc) is 2.24. The molecule has 0 aliphatic rings. The molecule has 0 aliphatic carbocycles. The van der Waals surface area contributed by atoms with Crippen molar-refractivity contribution in [2.45, 2.75) is 38.5 Å². The molecule has 0 amide bonds. The predicted octanol–water partition coefficient (Wildman–Crippen LogP) is 4.55. The van der Waals surface area contributed by atoms with Gasteiger partial charge in [0.25, 0.3) is 0 Å². The molecular weight excluding hydrogens is 230 g/mol. The van der Waals surface area contributed by atoms with Crippen molar-refractivity contribution in [3.05, 3.63) is 35.4 Å². The summed E-state index contributed by atoms with van der Waals surface area (Å²) in [6.45, 7) is 4.11. The van der Waals surface area contributed by atoms with Gasteiger partial charge in [-0.25, -0.2) is 8.78 Å². The maximum absolute atomic E-state index is 13.3. The molecule has 0 radical (unpaired) electrons. The average molecular weight is 247 g/mol. The molecule has 16 heavy (non-hydrogen) atoms. The van der Waals surface area contributed by atoms with Crippen molar-refractivity contribution in [3.8, 4) is 0 Å². The second kappa shape index (κ2) is 6.19. The van der Waals surface area contributed by atoms with Crippen LogP contribution in [0, 0.1) is 17.6 Å². The fourth-order valence-corrected chi connectivity index (χ4v) is 1.72. The van der Waals surface area contributed by atoms with Crippen molar-refractivity contribution < 1.29 is 8.78 Å². The van der Waals surface area contributed by atoms with E-state index >= 15 is 0 Å². The van der Waals surface area contributed by atoms with Gasteiger partial charge in [0.1, 0.15) is 0 Å². The highest BCUT2D eigenvalue weighted by molar-refractivity contribution is 6.20. The zero-order chi connectivity index (χ0) is 12.1. The minimum Gasteiger partial charge on any atom is -0.204 e. The molecule has 0 aliphatic heterocycles. The molecule has 1 atom stereocenters. The Kier molecular flexibility index (Phi) is 5.20. The van der Waals surface area contributed by atoms with Crippen molar-refractivity contribution in [2.75, 3.05) is 0 Å². The van der Waals surface area contributed by atoms with Gasteiger partial charge in [0.2, 0.25) is 0 Å². The van der Waals surface area contributed by atoms with E-state index in [4.69, 9.17) is 11.6 Å². The van der Waals surface area contributed by atoms with E-state index in [9.17, 15) is 8.78 Å². The number of hydrogen-bond acceptors (Lipinski definition) is 0. The van der Waals surface area contributed by atoms with Crippen molar-refractivity contribution >= 4 is 11.6 Å². The Morgan fingerprint density at radius 3 is 2.56 bits per heavy atom. The summed E-state index contributed by atoms with van der Waals surface area (Å²) in [5.41, 5.74) is 0.438. The number of alkyl halides is 1. The van der Waals surface area contributed by atoms with Gasteiger partial charge in [-0.1, -0.05) is 26.0 Å². The lowest BCUT2D eigenvalue weighted by Crippen LogP contribution is -2.08. The van der Waals surface area contributed by atoms with Crippen molar-refractivity contribution in [1.82, 2.24) is 0 Å².